The zero-order chi connectivity index (χ0) is 19.3. The van der Waals surface area contributed by atoms with Crippen molar-refractivity contribution >= 4 is 11.6 Å². The molecule has 0 unspecified atom stereocenters. The summed E-state index contributed by atoms with van der Waals surface area (Å²) in [6.07, 6.45) is 3.14. The number of benzene rings is 2. The SMILES string of the molecule is COc1ccccc1-c1nc(-c2ccc(NC(=O)c3cccnc3)cc2)no1. The highest BCUT2D eigenvalue weighted by molar-refractivity contribution is 6.04. The quantitative estimate of drug-likeness (QED) is 0.568. The van der Waals surface area contributed by atoms with E-state index in [1.165, 1.54) is 6.20 Å². The fraction of sp³-hybridized carbons (Fsp3) is 0.0476. The van der Waals surface area contributed by atoms with Gasteiger partial charge in [0, 0.05) is 23.6 Å². The largest absolute Gasteiger partial charge is 0.496 e. The smallest absolute Gasteiger partial charge is 0.262 e. The van der Waals surface area contributed by atoms with Gasteiger partial charge in [-0.15, -0.1) is 0 Å². The topological polar surface area (TPSA) is 90.1 Å². The van der Waals surface area contributed by atoms with Gasteiger partial charge in [-0.05, 0) is 48.5 Å². The van der Waals surface area contributed by atoms with E-state index < -0.39 is 0 Å². The predicted octanol–water partition coefficient (Wildman–Crippen LogP) is 4.06. The van der Waals surface area contributed by atoms with Gasteiger partial charge in [-0.25, -0.2) is 0 Å². The number of pyridine rings is 1. The van der Waals surface area contributed by atoms with Crippen LogP contribution in [0.4, 0.5) is 5.69 Å². The molecule has 0 spiro atoms. The first-order valence-electron chi connectivity index (χ1n) is 8.53. The summed E-state index contributed by atoms with van der Waals surface area (Å²) >= 11 is 0. The lowest BCUT2D eigenvalue weighted by Crippen LogP contribution is -2.11. The molecule has 7 nitrogen and oxygen atoms in total. The molecule has 1 N–H and O–H groups in total. The number of carbonyl (C=O) groups is 1. The number of ether oxygens (including phenoxy) is 1. The Morgan fingerprint density at radius 2 is 1.86 bits per heavy atom. The second kappa shape index (κ2) is 7.71. The van der Waals surface area contributed by atoms with Crippen molar-refractivity contribution in [1.29, 1.82) is 0 Å². The number of methoxy groups -OCH3 is 1. The number of aromatic nitrogens is 3. The molecule has 4 aromatic rings. The summed E-state index contributed by atoms with van der Waals surface area (Å²) < 4.78 is 10.7. The fourth-order valence-electron chi connectivity index (χ4n) is 2.67. The van der Waals surface area contributed by atoms with Crippen LogP contribution in [-0.2, 0) is 0 Å². The third-order valence-electron chi connectivity index (χ3n) is 4.09. The molecule has 4 rings (SSSR count). The van der Waals surface area contributed by atoms with Gasteiger partial charge in [-0.2, -0.15) is 4.98 Å². The second-order valence-corrected chi connectivity index (χ2v) is 5.90. The first kappa shape index (κ1) is 17.4. The van der Waals surface area contributed by atoms with Gasteiger partial charge in [0.25, 0.3) is 11.8 Å². The third-order valence-corrected chi connectivity index (χ3v) is 4.09. The number of carbonyl (C=O) groups excluding carboxylic acids is 1. The molecular weight excluding hydrogens is 356 g/mol. The maximum Gasteiger partial charge on any atom is 0.262 e. The molecule has 7 heteroatoms. The van der Waals surface area contributed by atoms with E-state index in [4.69, 9.17) is 9.26 Å². The standard InChI is InChI=1S/C21H16N4O3/c1-27-18-7-3-2-6-17(18)21-24-19(25-28-21)14-8-10-16(11-9-14)23-20(26)15-5-4-12-22-13-15/h2-13H,1H3,(H,23,26). The molecule has 1 amide bonds. The molecule has 2 aromatic heterocycles. The van der Waals surface area contributed by atoms with Crippen LogP contribution in [0.3, 0.4) is 0 Å². The van der Waals surface area contributed by atoms with E-state index in [0.29, 0.717) is 28.7 Å². The van der Waals surface area contributed by atoms with Crippen molar-refractivity contribution in [2.75, 3.05) is 12.4 Å². The Morgan fingerprint density at radius 3 is 2.61 bits per heavy atom. The molecule has 0 bridgehead atoms. The molecule has 0 aliphatic rings. The molecule has 0 aliphatic carbocycles. The fourth-order valence-corrected chi connectivity index (χ4v) is 2.67. The number of nitrogens with zero attached hydrogens (tertiary/aromatic N) is 3. The monoisotopic (exact) mass is 372 g/mol. The van der Waals surface area contributed by atoms with E-state index in [1.54, 1.807) is 37.6 Å². The average Bonchev–Trinajstić information content (AvgIpc) is 3.25. The molecule has 0 saturated carbocycles. The van der Waals surface area contributed by atoms with E-state index in [2.05, 4.69) is 20.4 Å². The van der Waals surface area contributed by atoms with Crippen LogP contribution in [0.25, 0.3) is 22.8 Å². The lowest BCUT2D eigenvalue weighted by Gasteiger charge is -2.05. The van der Waals surface area contributed by atoms with Gasteiger partial charge in [-0.1, -0.05) is 17.3 Å². The van der Waals surface area contributed by atoms with Gasteiger partial charge in [0.2, 0.25) is 5.82 Å². The molecular formula is C21H16N4O3. The van der Waals surface area contributed by atoms with Gasteiger partial charge < -0.3 is 14.6 Å². The maximum absolute atomic E-state index is 12.2. The maximum atomic E-state index is 12.2. The summed E-state index contributed by atoms with van der Waals surface area (Å²) in [5.74, 6) is 1.26. The van der Waals surface area contributed by atoms with Crippen LogP contribution in [0.2, 0.25) is 0 Å². The third kappa shape index (κ3) is 3.59. The molecule has 0 radical (unpaired) electrons. The molecule has 2 aromatic carbocycles. The molecule has 0 atom stereocenters. The van der Waals surface area contributed by atoms with Crippen LogP contribution in [0.5, 0.6) is 5.75 Å². The van der Waals surface area contributed by atoms with Gasteiger partial charge in [0.1, 0.15) is 5.75 Å². The summed E-state index contributed by atoms with van der Waals surface area (Å²) in [7, 11) is 1.59. The van der Waals surface area contributed by atoms with E-state index in [-0.39, 0.29) is 5.91 Å². The van der Waals surface area contributed by atoms with Crippen molar-refractivity contribution in [2.24, 2.45) is 0 Å². The molecule has 138 valence electrons. The highest BCUT2D eigenvalue weighted by Gasteiger charge is 2.14. The number of hydrogen-bond acceptors (Lipinski definition) is 6. The number of hydrogen-bond donors (Lipinski definition) is 1. The molecule has 28 heavy (non-hydrogen) atoms. The van der Waals surface area contributed by atoms with Crippen molar-refractivity contribution < 1.29 is 14.1 Å². The van der Waals surface area contributed by atoms with E-state index in [9.17, 15) is 4.79 Å². The van der Waals surface area contributed by atoms with Crippen LogP contribution in [0, 0.1) is 0 Å². The second-order valence-electron chi connectivity index (χ2n) is 5.90. The zero-order valence-electron chi connectivity index (χ0n) is 15.0. The van der Waals surface area contributed by atoms with Crippen LogP contribution >= 0.6 is 0 Å². The lowest BCUT2D eigenvalue weighted by molar-refractivity contribution is 0.102. The van der Waals surface area contributed by atoms with Crippen LogP contribution < -0.4 is 10.1 Å². The predicted molar refractivity (Wildman–Crippen MR) is 104 cm³/mol. The Hall–Kier alpha value is -4.00. The number of amides is 1. The van der Waals surface area contributed by atoms with Crippen molar-refractivity contribution in [3.05, 3.63) is 78.6 Å². The Bertz CT molecular complexity index is 1090. The minimum atomic E-state index is -0.223. The van der Waals surface area contributed by atoms with Crippen molar-refractivity contribution in [2.45, 2.75) is 0 Å². The number of anilines is 1. The Kier molecular flexibility index (Phi) is 4.79. The van der Waals surface area contributed by atoms with Crippen LogP contribution in [0.15, 0.2) is 77.6 Å². The molecule has 0 fully saturated rings. The summed E-state index contributed by atoms with van der Waals surface area (Å²) in [5, 5.41) is 6.86. The minimum absolute atomic E-state index is 0.223. The van der Waals surface area contributed by atoms with Gasteiger partial charge in [0.15, 0.2) is 0 Å². The van der Waals surface area contributed by atoms with Crippen molar-refractivity contribution in [3.8, 4) is 28.6 Å². The summed E-state index contributed by atoms with van der Waals surface area (Å²) in [6.45, 7) is 0. The number of para-hydroxylation sites is 1. The highest BCUT2D eigenvalue weighted by Crippen LogP contribution is 2.30. The number of nitrogens with one attached hydrogen (secondary N) is 1. The van der Waals surface area contributed by atoms with E-state index in [0.717, 1.165) is 11.1 Å². The Labute approximate surface area is 161 Å². The van der Waals surface area contributed by atoms with Gasteiger partial charge in [-0.3, -0.25) is 9.78 Å². The van der Waals surface area contributed by atoms with Crippen molar-refractivity contribution in [1.82, 2.24) is 15.1 Å². The molecule has 0 aliphatic heterocycles. The highest BCUT2D eigenvalue weighted by atomic mass is 16.5. The first-order chi connectivity index (χ1) is 13.7. The minimum Gasteiger partial charge on any atom is -0.496 e. The van der Waals surface area contributed by atoms with Crippen LogP contribution in [0.1, 0.15) is 10.4 Å². The average molecular weight is 372 g/mol. The summed E-state index contributed by atoms with van der Waals surface area (Å²) in [4.78, 5) is 20.6. The number of rotatable bonds is 5. The zero-order valence-corrected chi connectivity index (χ0v) is 15.0. The summed E-state index contributed by atoms with van der Waals surface area (Å²) in [5.41, 5.74) is 2.64. The van der Waals surface area contributed by atoms with Gasteiger partial charge in [0.05, 0.1) is 18.2 Å². The van der Waals surface area contributed by atoms with E-state index >= 15 is 0 Å². The molecule has 2 heterocycles. The summed E-state index contributed by atoms with van der Waals surface area (Å²) in [6, 6.07) is 18.0. The molecule has 0 saturated heterocycles. The first-order valence-corrected chi connectivity index (χ1v) is 8.53. The van der Waals surface area contributed by atoms with E-state index in [1.807, 2.05) is 36.4 Å². The van der Waals surface area contributed by atoms with Crippen LogP contribution in [-0.4, -0.2) is 28.1 Å². The Morgan fingerprint density at radius 1 is 1.04 bits per heavy atom. The van der Waals surface area contributed by atoms with Crippen molar-refractivity contribution in [3.63, 3.8) is 0 Å². The lowest BCUT2D eigenvalue weighted by atomic mass is 10.2. The Balaban J connectivity index is 1.52. The normalized spacial score (nSPS) is 10.5. The van der Waals surface area contributed by atoms with Gasteiger partial charge >= 0.3 is 0 Å².